The van der Waals surface area contributed by atoms with E-state index in [0.717, 1.165) is 11.5 Å². The second-order valence-electron chi connectivity index (χ2n) is 4.15. The monoisotopic (exact) mass is 274 g/mol. The Morgan fingerprint density at radius 1 is 1.25 bits per heavy atom. The van der Waals surface area contributed by atoms with Crippen LogP contribution in [0.5, 0.6) is 0 Å². The molecule has 0 spiro atoms. The molecule has 0 bridgehead atoms. The number of amides is 1. The lowest BCUT2D eigenvalue weighted by Gasteiger charge is -2.10. The largest absolute Gasteiger partial charge is 0.353 e. The number of rotatable bonds is 6. The van der Waals surface area contributed by atoms with Crippen molar-refractivity contribution >= 4 is 11.9 Å². The molecule has 1 aromatic rings. The standard InChI is InChI=1S/C15H22N4O/c1-4-10-18-15(16-3)19-11-12-6-8-13(9-7-12)14(20)17-5-2/h4,6-9H,1,5,10-11H2,2-3H3,(H,17,20)(H2,16,18,19). The van der Waals surface area contributed by atoms with Gasteiger partial charge in [0, 0.05) is 32.2 Å². The first-order chi connectivity index (χ1) is 9.71. The molecule has 5 heteroatoms. The first-order valence-electron chi connectivity index (χ1n) is 6.63. The van der Waals surface area contributed by atoms with Crippen molar-refractivity contribution in [3.63, 3.8) is 0 Å². The van der Waals surface area contributed by atoms with Crippen LogP contribution >= 0.6 is 0 Å². The first kappa shape index (κ1) is 15.8. The van der Waals surface area contributed by atoms with Crippen molar-refractivity contribution in [1.82, 2.24) is 16.0 Å². The number of nitrogens with one attached hydrogen (secondary N) is 3. The minimum Gasteiger partial charge on any atom is -0.353 e. The summed E-state index contributed by atoms with van der Waals surface area (Å²) in [5.41, 5.74) is 1.75. The van der Waals surface area contributed by atoms with Crippen LogP contribution in [-0.4, -0.2) is 32.0 Å². The van der Waals surface area contributed by atoms with Crippen LogP contribution in [0.3, 0.4) is 0 Å². The predicted octanol–water partition coefficient (Wildman–Crippen LogP) is 1.29. The number of guanidine groups is 1. The molecule has 0 unspecified atom stereocenters. The number of hydrogen-bond donors (Lipinski definition) is 3. The highest BCUT2D eigenvalue weighted by Gasteiger charge is 2.03. The van der Waals surface area contributed by atoms with Gasteiger partial charge in [0.15, 0.2) is 5.96 Å². The Kier molecular flexibility index (Phi) is 6.89. The summed E-state index contributed by atoms with van der Waals surface area (Å²) in [7, 11) is 1.72. The van der Waals surface area contributed by atoms with E-state index in [1.54, 1.807) is 13.1 Å². The zero-order valence-electron chi connectivity index (χ0n) is 12.1. The summed E-state index contributed by atoms with van der Waals surface area (Å²) >= 11 is 0. The molecule has 0 fully saturated rings. The topological polar surface area (TPSA) is 65.5 Å². The molecular weight excluding hydrogens is 252 g/mol. The molecule has 0 radical (unpaired) electrons. The van der Waals surface area contributed by atoms with Crippen LogP contribution in [0.1, 0.15) is 22.8 Å². The summed E-state index contributed by atoms with van der Waals surface area (Å²) in [6.07, 6.45) is 1.77. The molecule has 0 saturated carbocycles. The number of aliphatic imine (C=N–C) groups is 1. The van der Waals surface area contributed by atoms with E-state index in [1.165, 1.54) is 0 Å². The molecule has 0 atom stereocenters. The Morgan fingerprint density at radius 2 is 1.95 bits per heavy atom. The summed E-state index contributed by atoms with van der Waals surface area (Å²) < 4.78 is 0. The molecule has 0 heterocycles. The fourth-order valence-corrected chi connectivity index (χ4v) is 1.61. The minimum atomic E-state index is -0.0459. The van der Waals surface area contributed by atoms with E-state index in [0.29, 0.717) is 25.2 Å². The molecule has 0 saturated heterocycles. The molecule has 5 nitrogen and oxygen atoms in total. The maximum atomic E-state index is 11.6. The van der Waals surface area contributed by atoms with Gasteiger partial charge < -0.3 is 16.0 Å². The summed E-state index contributed by atoms with van der Waals surface area (Å²) in [4.78, 5) is 15.7. The molecular formula is C15H22N4O. The maximum absolute atomic E-state index is 11.6. The smallest absolute Gasteiger partial charge is 0.251 e. The number of nitrogens with zero attached hydrogens (tertiary/aromatic N) is 1. The molecule has 1 aromatic carbocycles. The zero-order chi connectivity index (χ0) is 14.8. The lowest BCUT2D eigenvalue weighted by atomic mass is 10.1. The molecule has 0 aromatic heterocycles. The molecule has 1 amide bonds. The summed E-state index contributed by atoms with van der Waals surface area (Å²) in [5.74, 6) is 0.674. The Labute approximate surface area is 120 Å². The van der Waals surface area contributed by atoms with Gasteiger partial charge in [-0.3, -0.25) is 9.79 Å². The quantitative estimate of drug-likeness (QED) is 0.416. The van der Waals surface area contributed by atoms with Gasteiger partial charge in [-0.1, -0.05) is 18.2 Å². The first-order valence-corrected chi connectivity index (χ1v) is 6.63. The highest BCUT2D eigenvalue weighted by atomic mass is 16.1. The lowest BCUT2D eigenvalue weighted by molar-refractivity contribution is 0.0956. The van der Waals surface area contributed by atoms with Crippen molar-refractivity contribution in [3.05, 3.63) is 48.0 Å². The summed E-state index contributed by atoms with van der Waals surface area (Å²) in [6, 6.07) is 7.50. The third kappa shape index (κ3) is 5.14. The number of benzene rings is 1. The van der Waals surface area contributed by atoms with Crippen molar-refractivity contribution in [3.8, 4) is 0 Å². The van der Waals surface area contributed by atoms with Gasteiger partial charge >= 0.3 is 0 Å². The third-order valence-corrected chi connectivity index (χ3v) is 2.65. The van der Waals surface area contributed by atoms with E-state index in [2.05, 4.69) is 27.5 Å². The minimum absolute atomic E-state index is 0.0459. The van der Waals surface area contributed by atoms with Gasteiger partial charge in [-0.25, -0.2) is 0 Å². The van der Waals surface area contributed by atoms with E-state index in [9.17, 15) is 4.79 Å². The summed E-state index contributed by atoms with van der Waals surface area (Å²) in [6.45, 7) is 7.48. The van der Waals surface area contributed by atoms with E-state index >= 15 is 0 Å². The van der Waals surface area contributed by atoms with Gasteiger partial charge in [0.1, 0.15) is 0 Å². The molecule has 0 aliphatic rings. The van der Waals surface area contributed by atoms with Gasteiger partial charge in [-0.15, -0.1) is 6.58 Å². The van der Waals surface area contributed by atoms with Crippen molar-refractivity contribution in [2.24, 2.45) is 4.99 Å². The van der Waals surface area contributed by atoms with Crippen LogP contribution < -0.4 is 16.0 Å². The van der Waals surface area contributed by atoms with Gasteiger partial charge in [0.25, 0.3) is 5.91 Å². The molecule has 20 heavy (non-hydrogen) atoms. The van der Waals surface area contributed by atoms with Gasteiger partial charge in [-0.05, 0) is 24.6 Å². The highest BCUT2D eigenvalue weighted by molar-refractivity contribution is 5.94. The van der Waals surface area contributed by atoms with Crippen molar-refractivity contribution < 1.29 is 4.79 Å². The molecule has 108 valence electrons. The third-order valence-electron chi connectivity index (χ3n) is 2.65. The zero-order valence-corrected chi connectivity index (χ0v) is 12.1. The molecule has 1 rings (SSSR count). The maximum Gasteiger partial charge on any atom is 0.251 e. The average Bonchev–Trinajstić information content (AvgIpc) is 2.48. The van der Waals surface area contributed by atoms with Crippen LogP contribution in [0.4, 0.5) is 0 Å². The fraction of sp³-hybridized carbons (Fsp3) is 0.333. The van der Waals surface area contributed by atoms with Crippen LogP contribution in [0, 0.1) is 0 Å². The highest BCUT2D eigenvalue weighted by Crippen LogP contribution is 2.04. The van der Waals surface area contributed by atoms with Crippen LogP contribution in [0.25, 0.3) is 0 Å². The molecule has 0 aliphatic carbocycles. The van der Waals surface area contributed by atoms with Crippen LogP contribution in [0.2, 0.25) is 0 Å². The van der Waals surface area contributed by atoms with Crippen molar-refractivity contribution in [1.29, 1.82) is 0 Å². The van der Waals surface area contributed by atoms with E-state index in [1.807, 2.05) is 31.2 Å². The average molecular weight is 274 g/mol. The van der Waals surface area contributed by atoms with Gasteiger partial charge in [0.2, 0.25) is 0 Å². The van der Waals surface area contributed by atoms with E-state index in [4.69, 9.17) is 0 Å². The van der Waals surface area contributed by atoms with E-state index in [-0.39, 0.29) is 5.91 Å². The Balaban J connectivity index is 2.53. The van der Waals surface area contributed by atoms with E-state index < -0.39 is 0 Å². The summed E-state index contributed by atoms with van der Waals surface area (Å²) in [5, 5.41) is 9.05. The number of carbonyl (C=O) groups is 1. The second-order valence-corrected chi connectivity index (χ2v) is 4.15. The SMILES string of the molecule is C=CCNC(=NC)NCc1ccc(C(=O)NCC)cc1. The van der Waals surface area contributed by atoms with Crippen molar-refractivity contribution in [2.75, 3.05) is 20.1 Å². The fourth-order valence-electron chi connectivity index (χ4n) is 1.61. The van der Waals surface area contributed by atoms with Crippen molar-refractivity contribution in [2.45, 2.75) is 13.5 Å². The normalized spacial score (nSPS) is 10.8. The van der Waals surface area contributed by atoms with Gasteiger partial charge in [-0.2, -0.15) is 0 Å². The second kappa shape index (κ2) is 8.74. The lowest BCUT2D eigenvalue weighted by Crippen LogP contribution is -2.36. The predicted molar refractivity (Wildman–Crippen MR) is 82.8 cm³/mol. The Bertz CT molecular complexity index is 465. The Hall–Kier alpha value is -2.30. The van der Waals surface area contributed by atoms with Gasteiger partial charge in [0.05, 0.1) is 0 Å². The molecule has 0 aliphatic heterocycles. The Morgan fingerprint density at radius 3 is 2.50 bits per heavy atom. The van der Waals surface area contributed by atoms with Crippen LogP contribution in [0.15, 0.2) is 41.9 Å². The number of carbonyl (C=O) groups excluding carboxylic acids is 1. The molecule has 3 N–H and O–H groups in total. The van der Waals surface area contributed by atoms with Crippen LogP contribution in [-0.2, 0) is 6.54 Å². The number of hydrogen-bond acceptors (Lipinski definition) is 2.